The Labute approximate surface area is 122 Å². The van der Waals surface area contributed by atoms with Gasteiger partial charge in [-0.1, -0.05) is 29.3 Å². The van der Waals surface area contributed by atoms with Crippen molar-refractivity contribution < 1.29 is 0 Å². The third-order valence-corrected chi connectivity index (χ3v) is 5.01. The lowest BCUT2D eigenvalue weighted by Gasteiger charge is -2.16. The molecule has 2 nitrogen and oxygen atoms in total. The van der Waals surface area contributed by atoms with Crippen LogP contribution in [0, 0.1) is 0 Å². The lowest BCUT2D eigenvalue weighted by molar-refractivity contribution is 0.646. The van der Waals surface area contributed by atoms with Gasteiger partial charge in [0.05, 0.1) is 16.1 Å². The van der Waals surface area contributed by atoms with E-state index in [1.54, 1.807) is 11.3 Å². The summed E-state index contributed by atoms with van der Waals surface area (Å²) in [6, 6.07) is 7.42. The highest BCUT2D eigenvalue weighted by Crippen LogP contribution is 2.34. The molecule has 0 spiro atoms. The first-order chi connectivity index (χ1) is 8.13. The molecule has 2 rings (SSSR count). The third-order valence-electron chi connectivity index (χ3n) is 2.35. The molecule has 1 aromatic heterocycles. The molecule has 6 heteroatoms. The number of nitrogens with two attached hydrogens (primary N) is 1. The van der Waals surface area contributed by atoms with E-state index in [-0.39, 0.29) is 6.04 Å². The van der Waals surface area contributed by atoms with Crippen LogP contribution in [0.4, 0.5) is 0 Å². The normalized spacial score (nSPS) is 12.7. The predicted molar refractivity (Wildman–Crippen MR) is 77.6 cm³/mol. The number of hydrogen-bond donors (Lipinski definition) is 2. The molecular weight excluding hydrogens is 343 g/mol. The van der Waals surface area contributed by atoms with E-state index < -0.39 is 0 Å². The highest BCUT2D eigenvalue weighted by Gasteiger charge is 2.17. The molecule has 1 unspecified atom stereocenters. The molecule has 0 saturated carbocycles. The summed E-state index contributed by atoms with van der Waals surface area (Å²) >= 11 is 17.1. The Morgan fingerprint density at radius 1 is 1.24 bits per heavy atom. The minimum absolute atomic E-state index is 0.145. The van der Waals surface area contributed by atoms with E-state index in [1.165, 1.54) is 0 Å². The molecule has 0 fully saturated rings. The smallest absolute Gasteiger partial charge is 0.0818 e. The van der Waals surface area contributed by atoms with Crippen LogP contribution >= 0.6 is 50.5 Å². The van der Waals surface area contributed by atoms with E-state index in [9.17, 15) is 0 Å². The predicted octanol–water partition coefficient (Wildman–Crippen LogP) is 4.37. The minimum Gasteiger partial charge on any atom is -0.271 e. The van der Waals surface area contributed by atoms with Crippen LogP contribution in [0.15, 0.2) is 34.1 Å². The first kappa shape index (κ1) is 13.3. The van der Waals surface area contributed by atoms with Gasteiger partial charge in [0.2, 0.25) is 0 Å². The fourth-order valence-corrected chi connectivity index (χ4v) is 3.21. The quantitative estimate of drug-likeness (QED) is 0.636. The number of nitrogens with one attached hydrogen (secondary N) is 1. The van der Waals surface area contributed by atoms with Gasteiger partial charge in [-0.3, -0.25) is 5.84 Å². The Hall–Kier alpha value is -0.100. The van der Waals surface area contributed by atoms with Crippen LogP contribution < -0.4 is 11.3 Å². The largest absolute Gasteiger partial charge is 0.271 e. The maximum absolute atomic E-state index is 6.11. The van der Waals surface area contributed by atoms with Crippen molar-refractivity contribution in [2.24, 2.45) is 5.84 Å². The molecule has 0 bridgehead atoms. The summed E-state index contributed by atoms with van der Waals surface area (Å²) in [4.78, 5) is 0.979. The van der Waals surface area contributed by atoms with Crippen molar-refractivity contribution >= 4 is 50.5 Å². The number of rotatable bonds is 3. The van der Waals surface area contributed by atoms with Crippen molar-refractivity contribution in [2.75, 3.05) is 0 Å². The molecule has 0 aliphatic heterocycles. The van der Waals surface area contributed by atoms with Crippen molar-refractivity contribution in [1.82, 2.24) is 5.43 Å². The van der Waals surface area contributed by atoms with Crippen LogP contribution in [0.1, 0.15) is 16.5 Å². The summed E-state index contributed by atoms with van der Waals surface area (Å²) in [5.74, 6) is 5.60. The Morgan fingerprint density at radius 2 is 2.00 bits per heavy atom. The number of halogens is 3. The van der Waals surface area contributed by atoms with Crippen LogP contribution in [0.5, 0.6) is 0 Å². The maximum Gasteiger partial charge on any atom is 0.0818 e. The molecule has 1 heterocycles. The van der Waals surface area contributed by atoms with Gasteiger partial charge < -0.3 is 0 Å². The molecule has 17 heavy (non-hydrogen) atoms. The highest BCUT2D eigenvalue weighted by atomic mass is 79.9. The van der Waals surface area contributed by atoms with Crippen LogP contribution in [0.3, 0.4) is 0 Å². The molecule has 0 radical (unpaired) electrons. The van der Waals surface area contributed by atoms with E-state index in [2.05, 4.69) is 21.4 Å². The minimum atomic E-state index is -0.145. The van der Waals surface area contributed by atoms with Gasteiger partial charge in [0.15, 0.2) is 0 Å². The van der Waals surface area contributed by atoms with Crippen molar-refractivity contribution in [3.63, 3.8) is 0 Å². The number of thiophene rings is 1. The van der Waals surface area contributed by atoms with E-state index in [0.29, 0.717) is 10.0 Å². The molecule has 0 saturated heterocycles. The van der Waals surface area contributed by atoms with Gasteiger partial charge in [0, 0.05) is 9.35 Å². The fraction of sp³-hybridized carbons (Fsp3) is 0.0909. The Morgan fingerprint density at radius 3 is 2.53 bits per heavy atom. The molecule has 1 atom stereocenters. The Balaban J connectivity index is 2.42. The third kappa shape index (κ3) is 2.84. The van der Waals surface area contributed by atoms with Crippen molar-refractivity contribution in [2.45, 2.75) is 6.04 Å². The molecule has 0 aliphatic carbocycles. The topological polar surface area (TPSA) is 38.0 Å². The van der Waals surface area contributed by atoms with E-state index in [0.717, 1.165) is 14.9 Å². The molecule has 0 amide bonds. The number of hydrazine groups is 1. The van der Waals surface area contributed by atoms with Crippen molar-refractivity contribution in [3.05, 3.63) is 54.6 Å². The molecule has 1 aromatic carbocycles. The van der Waals surface area contributed by atoms with Gasteiger partial charge in [-0.25, -0.2) is 5.43 Å². The van der Waals surface area contributed by atoms with Gasteiger partial charge in [-0.15, -0.1) is 11.3 Å². The lowest BCUT2D eigenvalue weighted by atomic mass is 10.1. The van der Waals surface area contributed by atoms with E-state index >= 15 is 0 Å². The van der Waals surface area contributed by atoms with Gasteiger partial charge in [-0.05, 0) is 45.1 Å². The van der Waals surface area contributed by atoms with Gasteiger partial charge >= 0.3 is 0 Å². The summed E-state index contributed by atoms with van der Waals surface area (Å²) in [6.45, 7) is 0. The summed E-state index contributed by atoms with van der Waals surface area (Å²) < 4.78 is 0.857. The second-order valence-corrected chi connectivity index (χ2v) is 6.02. The summed E-state index contributed by atoms with van der Waals surface area (Å²) in [5, 5.41) is 3.29. The zero-order valence-electron chi connectivity index (χ0n) is 8.58. The average molecular weight is 352 g/mol. The van der Waals surface area contributed by atoms with E-state index in [1.807, 2.05) is 29.6 Å². The van der Waals surface area contributed by atoms with Crippen LogP contribution in [0.25, 0.3) is 0 Å². The average Bonchev–Trinajstić information content (AvgIpc) is 2.71. The first-order valence-corrected chi connectivity index (χ1v) is 7.20. The zero-order chi connectivity index (χ0) is 12.4. The molecule has 3 N–H and O–H groups in total. The van der Waals surface area contributed by atoms with Crippen molar-refractivity contribution in [3.8, 4) is 0 Å². The van der Waals surface area contributed by atoms with E-state index in [4.69, 9.17) is 29.0 Å². The van der Waals surface area contributed by atoms with Crippen molar-refractivity contribution in [1.29, 1.82) is 0 Å². The zero-order valence-corrected chi connectivity index (χ0v) is 12.5. The van der Waals surface area contributed by atoms with Crippen LogP contribution in [-0.2, 0) is 0 Å². The second kappa shape index (κ2) is 5.69. The SMILES string of the molecule is NNC(c1ccc(Br)c(Cl)c1)c1sccc1Cl. The van der Waals surface area contributed by atoms with Crippen LogP contribution in [0.2, 0.25) is 10.0 Å². The monoisotopic (exact) mass is 350 g/mol. The number of benzene rings is 1. The standard InChI is InChI=1S/C11H9BrCl2N2S/c12-7-2-1-6(5-9(7)14)10(16-15)11-8(13)3-4-17-11/h1-5,10,16H,15H2. The lowest BCUT2D eigenvalue weighted by Crippen LogP contribution is -2.28. The molecule has 90 valence electrons. The fourth-order valence-electron chi connectivity index (χ4n) is 1.53. The van der Waals surface area contributed by atoms with Crippen LogP contribution in [-0.4, -0.2) is 0 Å². The summed E-state index contributed by atoms with van der Waals surface area (Å²) in [6.07, 6.45) is 0. The summed E-state index contributed by atoms with van der Waals surface area (Å²) in [7, 11) is 0. The first-order valence-electron chi connectivity index (χ1n) is 4.77. The summed E-state index contributed by atoms with van der Waals surface area (Å²) in [5.41, 5.74) is 3.74. The Kier molecular flexibility index (Phi) is 4.47. The highest BCUT2D eigenvalue weighted by molar-refractivity contribution is 9.10. The van der Waals surface area contributed by atoms with Gasteiger partial charge in [0.1, 0.15) is 0 Å². The molecule has 2 aromatic rings. The maximum atomic E-state index is 6.11. The van der Waals surface area contributed by atoms with Gasteiger partial charge in [-0.2, -0.15) is 0 Å². The molecular formula is C11H9BrCl2N2S. The Bertz CT molecular complexity index is 530. The number of hydrogen-bond acceptors (Lipinski definition) is 3. The second-order valence-electron chi connectivity index (χ2n) is 3.41. The van der Waals surface area contributed by atoms with Gasteiger partial charge in [0.25, 0.3) is 0 Å². The molecule has 0 aliphatic rings.